The molecule has 3 fully saturated rings. The van der Waals surface area contributed by atoms with Gasteiger partial charge in [0, 0.05) is 72.2 Å². The Morgan fingerprint density at radius 1 is 1.09 bits per heavy atom. The van der Waals surface area contributed by atoms with Crippen LogP contribution in [0.3, 0.4) is 0 Å². The molecule has 9 heteroatoms. The van der Waals surface area contributed by atoms with Crippen molar-refractivity contribution in [2.75, 3.05) is 25.5 Å². The molecule has 1 unspecified atom stereocenters. The fourth-order valence-corrected chi connectivity index (χ4v) is 6.97. The number of pyridine rings is 1. The van der Waals surface area contributed by atoms with Crippen LogP contribution in [0, 0.1) is 11.3 Å². The van der Waals surface area contributed by atoms with Crippen LogP contribution in [-0.4, -0.2) is 62.3 Å². The van der Waals surface area contributed by atoms with Gasteiger partial charge in [0.25, 0.3) is 0 Å². The summed E-state index contributed by atoms with van der Waals surface area (Å²) in [7, 11) is 2.17. The number of nitrogens with one attached hydrogen (secondary N) is 1. The molecule has 2 saturated carbocycles. The van der Waals surface area contributed by atoms with Crippen LogP contribution < -0.4 is 5.32 Å². The molecule has 2 aliphatic heterocycles. The van der Waals surface area contributed by atoms with Gasteiger partial charge in [-0.05, 0) is 57.2 Å². The zero-order valence-electron chi connectivity index (χ0n) is 20.2. The molecule has 1 N–H and O–H groups in total. The number of fused-ring (bicyclic) bond motifs is 2. The third kappa shape index (κ3) is 3.09. The molecule has 0 amide bonds. The standard InChI is InChI=1S/C26H29F2N7/c1-15-24(2,17-7-26(27,28)8-17)20-6-16(11-29-22(20)31-15)19-4-5-35-21(19)12-30-23(33-35)32-18-9-25(10-18)13-34(3)14-25/h4-6,11-12,17-18H,7-10,13-14H2,1-3H3,(H,32,33). The van der Waals surface area contributed by atoms with Crippen molar-refractivity contribution in [1.82, 2.24) is 24.5 Å². The van der Waals surface area contributed by atoms with Gasteiger partial charge in [0.15, 0.2) is 5.82 Å². The molecule has 3 aromatic heterocycles. The minimum absolute atomic E-state index is 0.0996. The van der Waals surface area contributed by atoms with Gasteiger partial charge in [-0.1, -0.05) is 0 Å². The molecular formula is C26H29F2N7. The number of aliphatic imine (C=N–C) groups is 1. The summed E-state index contributed by atoms with van der Waals surface area (Å²) in [5.41, 5.74) is 4.57. The summed E-state index contributed by atoms with van der Waals surface area (Å²) >= 11 is 0. The number of aromatic nitrogens is 4. The van der Waals surface area contributed by atoms with Gasteiger partial charge in [0.05, 0.1) is 11.7 Å². The van der Waals surface area contributed by atoms with Gasteiger partial charge in [-0.25, -0.2) is 28.3 Å². The van der Waals surface area contributed by atoms with E-state index in [-0.39, 0.29) is 18.8 Å². The van der Waals surface area contributed by atoms with E-state index in [0.29, 0.717) is 23.2 Å². The highest BCUT2D eigenvalue weighted by atomic mass is 19.3. The SMILES string of the molecule is CC1=Nc2ncc(-c3ccn4nc(NC5CC6(C5)CN(C)C6)ncc34)cc2C1(C)C1CC(F)(F)C1. The normalized spacial score (nSPS) is 27.3. The van der Waals surface area contributed by atoms with E-state index in [1.54, 1.807) is 0 Å². The van der Waals surface area contributed by atoms with Crippen molar-refractivity contribution in [3.05, 3.63) is 36.3 Å². The lowest BCUT2D eigenvalue weighted by Crippen LogP contribution is -2.63. The van der Waals surface area contributed by atoms with Crippen molar-refractivity contribution < 1.29 is 8.78 Å². The molecule has 2 aliphatic carbocycles. The van der Waals surface area contributed by atoms with Crippen molar-refractivity contribution in [2.24, 2.45) is 16.3 Å². The topological polar surface area (TPSA) is 70.7 Å². The number of nitrogens with zero attached hydrogens (tertiary/aromatic N) is 6. The number of likely N-dealkylation sites (tertiary alicyclic amines) is 1. The quantitative estimate of drug-likeness (QED) is 0.590. The van der Waals surface area contributed by atoms with Crippen molar-refractivity contribution in [3.63, 3.8) is 0 Å². The zero-order valence-corrected chi connectivity index (χ0v) is 20.2. The monoisotopic (exact) mass is 477 g/mol. The van der Waals surface area contributed by atoms with Crippen LogP contribution >= 0.6 is 0 Å². The number of hydrogen-bond acceptors (Lipinski definition) is 6. The van der Waals surface area contributed by atoms with Crippen LogP contribution in [0.4, 0.5) is 20.5 Å². The molecule has 4 aliphatic rings. The second-order valence-corrected chi connectivity index (χ2v) is 11.5. The second-order valence-electron chi connectivity index (χ2n) is 11.5. The maximum absolute atomic E-state index is 13.7. The Kier molecular flexibility index (Phi) is 4.17. The van der Waals surface area contributed by atoms with Crippen molar-refractivity contribution in [3.8, 4) is 11.1 Å². The van der Waals surface area contributed by atoms with Gasteiger partial charge >= 0.3 is 0 Å². The summed E-state index contributed by atoms with van der Waals surface area (Å²) in [5.74, 6) is -1.42. The summed E-state index contributed by atoms with van der Waals surface area (Å²) < 4.78 is 29.3. The molecule has 3 aromatic rings. The highest BCUT2D eigenvalue weighted by Gasteiger charge is 2.57. The first-order chi connectivity index (χ1) is 16.6. The van der Waals surface area contributed by atoms with Gasteiger partial charge in [-0.2, -0.15) is 0 Å². The third-order valence-corrected chi connectivity index (χ3v) is 8.99. The number of alkyl halides is 2. The van der Waals surface area contributed by atoms with Crippen LogP contribution in [0.1, 0.15) is 45.1 Å². The number of anilines is 1. The zero-order chi connectivity index (χ0) is 24.2. The number of hydrogen-bond donors (Lipinski definition) is 1. The second kappa shape index (κ2) is 6.84. The van der Waals surface area contributed by atoms with E-state index in [9.17, 15) is 8.78 Å². The predicted octanol–water partition coefficient (Wildman–Crippen LogP) is 4.71. The lowest BCUT2D eigenvalue weighted by Gasteiger charge is -2.58. The average molecular weight is 478 g/mol. The summed E-state index contributed by atoms with van der Waals surface area (Å²) in [5, 5.41) is 8.18. The highest BCUT2D eigenvalue weighted by Crippen LogP contribution is 2.56. The van der Waals surface area contributed by atoms with Gasteiger partial charge in [0.2, 0.25) is 11.9 Å². The molecule has 182 valence electrons. The molecule has 7 nitrogen and oxygen atoms in total. The van der Waals surface area contributed by atoms with Gasteiger partial charge < -0.3 is 10.2 Å². The minimum atomic E-state index is -2.57. The predicted molar refractivity (Wildman–Crippen MR) is 131 cm³/mol. The van der Waals surface area contributed by atoms with E-state index in [1.807, 2.05) is 43.0 Å². The number of halogens is 2. The Hall–Kier alpha value is -2.94. The fraction of sp³-hybridized carbons (Fsp3) is 0.538. The lowest BCUT2D eigenvalue weighted by atomic mass is 9.60. The smallest absolute Gasteiger partial charge is 0.248 e. The maximum atomic E-state index is 13.7. The van der Waals surface area contributed by atoms with Crippen LogP contribution in [0.15, 0.2) is 35.7 Å². The minimum Gasteiger partial charge on any atom is -0.350 e. The molecule has 7 rings (SSSR count). The van der Waals surface area contributed by atoms with E-state index in [4.69, 9.17) is 0 Å². The fourth-order valence-electron chi connectivity index (χ4n) is 6.97. The lowest BCUT2D eigenvalue weighted by molar-refractivity contribution is -0.122. The Morgan fingerprint density at radius 3 is 2.57 bits per heavy atom. The molecule has 1 spiro atoms. The van der Waals surface area contributed by atoms with Crippen molar-refractivity contribution >= 4 is 23.0 Å². The van der Waals surface area contributed by atoms with E-state index < -0.39 is 11.3 Å². The molecule has 1 atom stereocenters. The summed E-state index contributed by atoms with van der Waals surface area (Å²) in [6.07, 6.45) is 7.72. The summed E-state index contributed by atoms with van der Waals surface area (Å²) in [4.78, 5) is 16.2. The largest absolute Gasteiger partial charge is 0.350 e. The molecule has 5 heterocycles. The molecule has 0 aromatic carbocycles. The highest BCUT2D eigenvalue weighted by molar-refractivity contribution is 6.00. The number of rotatable bonds is 4. The first kappa shape index (κ1) is 21.4. The summed E-state index contributed by atoms with van der Waals surface area (Å²) in [6, 6.07) is 4.51. The molecule has 0 radical (unpaired) electrons. The first-order valence-electron chi connectivity index (χ1n) is 12.4. The maximum Gasteiger partial charge on any atom is 0.248 e. The van der Waals surface area contributed by atoms with Crippen LogP contribution in [0.2, 0.25) is 0 Å². The Labute approximate surface area is 202 Å². The van der Waals surface area contributed by atoms with E-state index >= 15 is 0 Å². The molecule has 35 heavy (non-hydrogen) atoms. The Morgan fingerprint density at radius 2 is 1.86 bits per heavy atom. The molecule has 0 bridgehead atoms. The molecule has 1 saturated heterocycles. The Bertz CT molecular complexity index is 1370. The van der Waals surface area contributed by atoms with Gasteiger partial charge in [-0.3, -0.25) is 0 Å². The van der Waals surface area contributed by atoms with E-state index in [2.05, 4.69) is 43.4 Å². The summed E-state index contributed by atoms with van der Waals surface area (Å²) in [6.45, 7) is 6.34. The van der Waals surface area contributed by atoms with Crippen molar-refractivity contribution in [2.45, 2.75) is 56.9 Å². The van der Waals surface area contributed by atoms with E-state index in [1.165, 1.54) is 25.9 Å². The van der Waals surface area contributed by atoms with Crippen LogP contribution in [0.25, 0.3) is 16.6 Å². The van der Waals surface area contributed by atoms with Gasteiger partial charge in [-0.15, -0.1) is 5.10 Å². The first-order valence-corrected chi connectivity index (χ1v) is 12.4. The third-order valence-electron chi connectivity index (χ3n) is 8.99. The van der Waals surface area contributed by atoms with Crippen LogP contribution in [-0.2, 0) is 5.41 Å². The Balaban J connectivity index is 1.15. The molecular weight excluding hydrogens is 448 g/mol. The van der Waals surface area contributed by atoms with Crippen molar-refractivity contribution in [1.29, 1.82) is 0 Å². The van der Waals surface area contributed by atoms with E-state index in [0.717, 1.165) is 27.9 Å². The average Bonchev–Trinajstić information content (AvgIpc) is 3.28. The van der Waals surface area contributed by atoms with Gasteiger partial charge in [0.1, 0.15) is 0 Å². The van der Waals surface area contributed by atoms with Crippen LogP contribution in [0.5, 0.6) is 0 Å².